The molecule has 2 atom stereocenters. The van der Waals surface area contributed by atoms with Crippen LogP contribution in [0.2, 0.25) is 0 Å². The van der Waals surface area contributed by atoms with Crippen molar-refractivity contribution in [1.29, 1.82) is 0 Å². The monoisotopic (exact) mass is 244 g/mol. The van der Waals surface area contributed by atoms with Crippen LogP contribution in [0, 0.1) is 12.8 Å². The van der Waals surface area contributed by atoms with Crippen molar-refractivity contribution in [2.75, 3.05) is 19.7 Å². The average molecular weight is 244 g/mol. The highest BCUT2D eigenvalue weighted by Gasteiger charge is 2.28. The van der Waals surface area contributed by atoms with Crippen LogP contribution in [0.15, 0.2) is 29.3 Å². The second kappa shape index (κ2) is 5.11. The van der Waals surface area contributed by atoms with Crippen LogP contribution >= 0.6 is 0 Å². The van der Waals surface area contributed by atoms with Crippen molar-refractivity contribution in [3.63, 3.8) is 0 Å². The van der Waals surface area contributed by atoms with Gasteiger partial charge in [0.05, 0.1) is 6.04 Å². The van der Waals surface area contributed by atoms with Gasteiger partial charge in [-0.1, -0.05) is 29.8 Å². The molecule has 1 aromatic rings. The molecule has 1 saturated heterocycles. The van der Waals surface area contributed by atoms with Gasteiger partial charge in [-0.15, -0.1) is 0 Å². The predicted octanol–water partition coefficient (Wildman–Crippen LogP) is 1.94. The predicted molar refractivity (Wildman–Crippen MR) is 73.0 cm³/mol. The minimum absolute atomic E-state index is 0.309. The first-order chi connectivity index (χ1) is 8.81. The zero-order valence-corrected chi connectivity index (χ0v) is 10.9. The molecule has 3 nitrogen and oxygen atoms in total. The Bertz CT molecular complexity index is 432. The molecule has 0 spiro atoms. The SMILES string of the molecule is Cc1ccc(CC2COC(C3CCNC3)=N2)cc1. The summed E-state index contributed by atoms with van der Waals surface area (Å²) in [6, 6.07) is 9.02. The topological polar surface area (TPSA) is 33.6 Å². The number of aryl methyl sites for hydroxylation is 1. The van der Waals surface area contributed by atoms with Crippen molar-refractivity contribution in [2.24, 2.45) is 10.9 Å². The fraction of sp³-hybridized carbons (Fsp3) is 0.533. The summed E-state index contributed by atoms with van der Waals surface area (Å²) in [7, 11) is 0. The van der Waals surface area contributed by atoms with Crippen molar-refractivity contribution in [1.82, 2.24) is 5.32 Å². The molecule has 1 N–H and O–H groups in total. The maximum atomic E-state index is 5.76. The van der Waals surface area contributed by atoms with E-state index < -0.39 is 0 Å². The van der Waals surface area contributed by atoms with Crippen LogP contribution in [0.5, 0.6) is 0 Å². The van der Waals surface area contributed by atoms with E-state index in [-0.39, 0.29) is 0 Å². The second-order valence-electron chi connectivity index (χ2n) is 5.31. The fourth-order valence-corrected chi connectivity index (χ4v) is 2.63. The van der Waals surface area contributed by atoms with E-state index in [9.17, 15) is 0 Å². The van der Waals surface area contributed by atoms with Crippen LogP contribution in [-0.4, -0.2) is 31.6 Å². The maximum Gasteiger partial charge on any atom is 0.188 e. The van der Waals surface area contributed by atoms with E-state index in [1.165, 1.54) is 11.1 Å². The lowest BCUT2D eigenvalue weighted by atomic mass is 10.1. The van der Waals surface area contributed by atoms with Gasteiger partial charge in [-0.3, -0.25) is 0 Å². The molecule has 2 unspecified atom stereocenters. The number of hydrogen-bond acceptors (Lipinski definition) is 3. The summed E-state index contributed by atoms with van der Waals surface area (Å²) in [6.07, 6.45) is 2.15. The van der Waals surface area contributed by atoms with E-state index in [0.29, 0.717) is 12.0 Å². The number of nitrogens with zero attached hydrogens (tertiary/aromatic N) is 1. The third-order valence-electron chi connectivity index (χ3n) is 3.73. The number of hydrogen-bond donors (Lipinski definition) is 1. The van der Waals surface area contributed by atoms with E-state index in [4.69, 9.17) is 9.73 Å². The van der Waals surface area contributed by atoms with Gasteiger partial charge >= 0.3 is 0 Å². The van der Waals surface area contributed by atoms with Crippen molar-refractivity contribution in [3.05, 3.63) is 35.4 Å². The molecule has 0 aromatic heterocycles. The molecule has 96 valence electrons. The lowest BCUT2D eigenvalue weighted by molar-refractivity contribution is 0.299. The van der Waals surface area contributed by atoms with Crippen molar-refractivity contribution < 1.29 is 4.74 Å². The molecule has 0 bridgehead atoms. The fourth-order valence-electron chi connectivity index (χ4n) is 2.63. The maximum absolute atomic E-state index is 5.76. The van der Waals surface area contributed by atoms with Gasteiger partial charge in [0.15, 0.2) is 5.90 Å². The molecule has 2 aliphatic heterocycles. The minimum Gasteiger partial charge on any atom is -0.478 e. The molecule has 1 aromatic carbocycles. The van der Waals surface area contributed by atoms with Gasteiger partial charge in [-0.25, -0.2) is 4.99 Å². The first kappa shape index (κ1) is 11.7. The summed E-state index contributed by atoms with van der Waals surface area (Å²) in [5.41, 5.74) is 2.66. The molecule has 1 fully saturated rings. The smallest absolute Gasteiger partial charge is 0.188 e. The average Bonchev–Trinajstić information content (AvgIpc) is 3.02. The number of aliphatic imine (C=N–C) groups is 1. The Labute approximate surface area is 108 Å². The van der Waals surface area contributed by atoms with Gasteiger partial charge in [0.2, 0.25) is 0 Å². The van der Waals surface area contributed by atoms with Gasteiger partial charge in [-0.2, -0.15) is 0 Å². The summed E-state index contributed by atoms with van der Waals surface area (Å²) in [6.45, 7) is 4.98. The second-order valence-corrected chi connectivity index (χ2v) is 5.31. The van der Waals surface area contributed by atoms with Crippen LogP contribution in [0.1, 0.15) is 17.5 Å². The van der Waals surface area contributed by atoms with Crippen LogP contribution in [0.25, 0.3) is 0 Å². The Morgan fingerprint density at radius 3 is 2.89 bits per heavy atom. The summed E-state index contributed by atoms with van der Waals surface area (Å²) < 4.78 is 5.76. The first-order valence-electron chi connectivity index (χ1n) is 6.78. The Morgan fingerprint density at radius 1 is 1.33 bits per heavy atom. The molecule has 3 heteroatoms. The van der Waals surface area contributed by atoms with Crippen molar-refractivity contribution >= 4 is 5.90 Å². The van der Waals surface area contributed by atoms with Crippen molar-refractivity contribution in [3.8, 4) is 0 Å². The molecule has 0 amide bonds. The Morgan fingerprint density at radius 2 is 2.17 bits per heavy atom. The van der Waals surface area contributed by atoms with E-state index in [2.05, 4.69) is 36.5 Å². The van der Waals surface area contributed by atoms with Crippen LogP contribution in [0.3, 0.4) is 0 Å². The molecule has 3 rings (SSSR count). The molecular weight excluding hydrogens is 224 g/mol. The summed E-state index contributed by atoms with van der Waals surface area (Å²) in [4.78, 5) is 4.74. The van der Waals surface area contributed by atoms with Gasteiger partial charge in [0.1, 0.15) is 6.61 Å². The lowest BCUT2D eigenvalue weighted by Gasteiger charge is -2.06. The third kappa shape index (κ3) is 2.56. The highest BCUT2D eigenvalue weighted by Crippen LogP contribution is 2.19. The molecule has 0 radical (unpaired) electrons. The van der Waals surface area contributed by atoms with Crippen LogP contribution in [-0.2, 0) is 11.2 Å². The van der Waals surface area contributed by atoms with Gasteiger partial charge in [0, 0.05) is 12.5 Å². The number of nitrogens with one attached hydrogen (secondary N) is 1. The zero-order chi connectivity index (χ0) is 12.4. The van der Waals surface area contributed by atoms with Gasteiger partial charge in [-0.05, 0) is 31.9 Å². The largest absolute Gasteiger partial charge is 0.478 e. The standard InChI is InChI=1S/C15H20N2O/c1-11-2-4-12(5-3-11)8-14-10-18-15(17-14)13-6-7-16-9-13/h2-5,13-14,16H,6-10H2,1H3. The molecule has 0 aliphatic carbocycles. The molecule has 2 aliphatic rings. The van der Waals surface area contributed by atoms with E-state index in [1.54, 1.807) is 0 Å². The molecular formula is C15H20N2O. The van der Waals surface area contributed by atoms with Crippen LogP contribution in [0.4, 0.5) is 0 Å². The van der Waals surface area contributed by atoms with Crippen LogP contribution < -0.4 is 5.32 Å². The summed E-state index contributed by atoms with van der Waals surface area (Å²) >= 11 is 0. The Balaban J connectivity index is 1.62. The zero-order valence-electron chi connectivity index (χ0n) is 10.9. The van der Waals surface area contributed by atoms with Crippen molar-refractivity contribution in [2.45, 2.75) is 25.8 Å². The Kier molecular flexibility index (Phi) is 3.33. The van der Waals surface area contributed by atoms with E-state index in [1.807, 2.05) is 0 Å². The van der Waals surface area contributed by atoms with E-state index >= 15 is 0 Å². The van der Waals surface area contributed by atoms with E-state index in [0.717, 1.165) is 38.4 Å². The normalized spacial score (nSPS) is 27.1. The summed E-state index contributed by atoms with van der Waals surface area (Å²) in [5, 5.41) is 3.36. The number of benzene rings is 1. The minimum atomic E-state index is 0.309. The van der Waals surface area contributed by atoms with Gasteiger partial charge in [0.25, 0.3) is 0 Å². The van der Waals surface area contributed by atoms with Gasteiger partial charge < -0.3 is 10.1 Å². The number of ether oxygens (including phenoxy) is 1. The lowest BCUT2D eigenvalue weighted by Crippen LogP contribution is -2.17. The quantitative estimate of drug-likeness (QED) is 0.881. The first-order valence-corrected chi connectivity index (χ1v) is 6.78. The highest BCUT2D eigenvalue weighted by atomic mass is 16.5. The Hall–Kier alpha value is -1.35. The molecule has 18 heavy (non-hydrogen) atoms. The highest BCUT2D eigenvalue weighted by molar-refractivity contribution is 5.80. The third-order valence-corrected chi connectivity index (χ3v) is 3.73. The number of rotatable bonds is 3. The summed E-state index contributed by atoms with van der Waals surface area (Å²) in [5.74, 6) is 1.49. The molecule has 2 heterocycles. The molecule has 0 saturated carbocycles.